The molecule has 1 rings (SSSR count). The molecule has 1 heterocycles. The second-order valence-electron chi connectivity index (χ2n) is 3.18. The molecule has 1 aromatic heterocycles. The summed E-state index contributed by atoms with van der Waals surface area (Å²) < 4.78 is 41.5. The van der Waals surface area contributed by atoms with Gasteiger partial charge in [-0.05, 0) is 6.92 Å². The number of hydrogen-bond donors (Lipinski definition) is 2. The number of aliphatic imine (C=N–C) groups is 1. The third-order valence-corrected chi connectivity index (χ3v) is 1.84. The highest BCUT2D eigenvalue weighted by atomic mass is 19.4. The molecule has 0 unspecified atom stereocenters. The highest BCUT2D eigenvalue weighted by molar-refractivity contribution is 6.10. The van der Waals surface area contributed by atoms with E-state index < -0.39 is 23.5 Å². The van der Waals surface area contributed by atoms with Crippen molar-refractivity contribution in [3.05, 3.63) is 23.6 Å². The van der Waals surface area contributed by atoms with Gasteiger partial charge in [0.05, 0.1) is 12.8 Å². The number of rotatable bonds is 4. The predicted molar refractivity (Wildman–Crippen MR) is 59.1 cm³/mol. The number of hydrogen-bond acceptors (Lipinski definition) is 5. The highest BCUT2D eigenvalue weighted by Crippen LogP contribution is 2.26. The minimum Gasteiger partial charge on any atom is -0.504 e. The molecule has 0 bridgehead atoms. The Morgan fingerprint density at radius 1 is 1.63 bits per heavy atom. The van der Waals surface area contributed by atoms with Crippen molar-refractivity contribution in [1.29, 1.82) is 0 Å². The van der Waals surface area contributed by atoms with Crippen LogP contribution >= 0.6 is 0 Å². The van der Waals surface area contributed by atoms with Crippen molar-refractivity contribution in [2.45, 2.75) is 13.1 Å². The zero-order valence-electron chi connectivity index (χ0n) is 9.73. The van der Waals surface area contributed by atoms with Gasteiger partial charge in [-0.3, -0.25) is 5.10 Å². The van der Waals surface area contributed by atoms with E-state index in [1.54, 1.807) is 0 Å². The first kappa shape index (κ1) is 14.7. The van der Waals surface area contributed by atoms with E-state index in [-0.39, 0.29) is 12.4 Å². The summed E-state index contributed by atoms with van der Waals surface area (Å²) in [4.78, 5) is 14.9. The van der Waals surface area contributed by atoms with Crippen molar-refractivity contribution in [3.8, 4) is 0 Å². The molecule has 0 aromatic carbocycles. The summed E-state index contributed by atoms with van der Waals surface area (Å²) in [6.45, 7) is 1.29. The number of ether oxygens (including phenoxy) is 1. The SMILES string of the molecule is CCOC(=O)C(/C=N/c1ccn[nH]1)=C(\O)C(F)(F)F. The number of H-pyrrole nitrogens is 1. The lowest BCUT2D eigenvalue weighted by Gasteiger charge is -2.08. The van der Waals surface area contributed by atoms with Gasteiger partial charge in [-0.15, -0.1) is 0 Å². The maximum atomic E-state index is 12.4. The largest absolute Gasteiger partial charge is 0.504 e. The molecule has 6 nitrogen and oxygen atoms in total. The maximum Gasteiger partial charge on any atom is 0.449 e. The van der Waals surface area contributed by atoms with Crippen LogP contribution in [0.5, 0.6) is 0 Å². The second-order valence-corrected chi connectivity index (χ2v) is 3.18. The molecule has 104 valence electrons. The normalized spacial score (nSPS) is 13.5. The number of carbonyl (C=O) groups excluding carboxylic acids is 1. The number of esters is 1. The molecule has 1 aromatic rings. The first-order valence-corrected chi connectivity index (χ1v) is 5.07. The number of alkyl halides is 3. The van der Waals surface area contributed by atoms with Gasteiger partial charge in [-0.1, -0.05) is 0 Å². The van der Waals surface area contributed by atoms with Gasteiger partial charge in [0, 0.05) is 12.3 Å². The minimum absolute atomic E-state index is 0.122. The number of aliphatic hydroxyl groups excluding tert-OH is 1. The topological polar surface area (TPSA) is 87.6 Å². The zero-order chi connectivity index (χ0) is 14.5. The summed E-state index contributed by atoms with van der Waals surface area (Å²) in [6, 6.07) is 1.36. The Kier molecular flexibility index (Phi) is 4.67. The lowest BCUT2D eigenvalue weighted by Crippen LogP contribution is -2.20. The van der Waals surface area contributed by atoms with Crippen LogP contribution in [0.4, 0.5) is 19.0 Å². The van der Waals surface area contributed by atoms with Crippen LogP contribution in [0.2, 0.25) is 0 Å². The fourth-order valence-electron chi connectivity index (χ4n) is 1.03. The summed E-state index contributed by atoms with van der Waals surface area (Å²) in [6.07, 6.45) is -3.18. The van der Waals surface area contributed by atoms with Gasteiger partial charge < -0.3 is 9.84 Å². The number of halogens is 3. The number of nitrogens with zero attached hydrogens (tertiary/aromatic N) is 2. The molecule has 0 fully saturated rings. The summed E-state index contributed by atoms with van der Waals surface area (Å²) in [5, 5.41) is 14.9. The first-order valence-electron chi connectivity index (χ1n) is 5.07. The first-order chi connectivity index (χ1) is 8.86. The van der Waals surface area contributed by atoms with E-state index in [1.807, 2.05) is 0 Å². The molecule has 0 saturated carbocycles. The molecule has 19 heavy (non-hydrogen) atoms. The van der Waals surface area contributed by atoms with Crippen molar-refractivity contribution in [2.24, 2.45) is 4.99 Å². The number of aromatic nitrogens is 2. The Bertz CT molecular complexity index is 492. The van der Waals surface area contributed by atoms with Crippen LogP contribution in [0, 0.1) is 0 Å². The van der Waals surface area contributed by atoms with Crippen LogP contribution in [0.15, 0.2) is 28.6 Å². The maximum absolute atomic E-state index is 12.4. The lowest BCUT2D eigenvalue weighted by atomic mass is 10.2. The van der Waals surface area contributed by atoms with E-state index in [4.69, 9.17) is 5.11 Å². The van der Waals surface area contributed by atoms with Crippen molar-refractivity contribution in [3.63, 3.8) is 0 Å². The monoisotopic (exact) mass is 277 g/mol. The number of carbonyl (C=O) groups is 1. The number of aliphatic hydroxyl groups is 1. The molecular formula is C10H10F3N3O3. The molecule has 2 N–H and O–H groups in total. The molecule has 0 aliphatic rings. The van der Waals surface area contributed by atoms with Crippen molar-refractivity contribution < 1.29 is 27.8 Å². The summed E-state index contributed by atoms with van der Waals surface area (Å²) in [5.41, 5.74) is -1.08. The van der Waals surface area contributed by atoms with E-state index in [0.29, 0.717) is 6.21 Å². The van der Waals surface area contributed by atoms with Gasteiger partial charge in [-0.2, -0.15) is 18.3 Å². The molecule has 0 atom stereocenters. The van der Waals surface area contributed by atoms with E-state index in [0.717, 1.165) is 0 Å². The number of nitrogens with one attached hydrogen (secondary N) is 1. The number of aromatic amines is 1. The van der Waals surface area contributed by atoms with Gasteiger partial charge in [0.1, 0.15) is 11.4 Å². The summed E-state index contributed by atoms with van der Waals surface area (Å²) in [7, 11) is 0. The van der Waals surface area contributed by atoms with E-state index >= 15 is 0 Å². The molecule has 9 heteroatoms. The Balaban J connectivity index is 3.10. The average molecular weight is 277 g/mol. The van der Waals surface area contributed by atoms with Gasteiger partial charge in [0.25, 0.3) is 0 Å². The van der Waals surface area contributed by atoms with Crippen LogP contribution in [-0.4, -0.2) is 40.3 Å². The molecule has 0 amide bonds. The van der Waals surface area contributed by atoms with E-state index in [9.17, 15) is 18.0 Å². The second kappa shape index (κ2) is 6.03. The Morgan fingerprint density at radius 2 is 2.32 bits per heavy atom. The Hall–Kier alpha value is -2.32. The van der Waals surface area contributed by atoms with E-state index in [2.05, 4.69) is 19.9 Å². The van der Waals surface area contributed by atoms with Crippen LogP contribution in [0.25, 0.3) is 0 Å². The van der Waals surface area contributed by atoms with Crippen LogP contribution in [0.1, 0.15) is 6.92 Å². The van der Waals surface area contributed by atoms with E-state index in [1.165, 1.54) is 19.2 Å². The molecular weight excluding hydrogens is 267 g/mol. The van der Waals surface area contributed by atoms with Crippen molar-refractivity contribution in [1.82, 2.24) is 10.2 Å². The quantitative estimate of drug-likeness (QED) is 0.381. The van der Waals surface area contributed by atoms with Gasteiger partial charge in [0.2, 0.25) is 5.76 Å². The Labute approximate surface area is 105 Å². The van der Waals surface area contributed by atoms with Gasteiger partial charge in [-0.25, -0.2) is 9.79 Å². The highest BCUT2D eigenvalue weighted by Gasteiger charge is 2.38. The van der Waals surface area contributed by atoms with Crippen LogP contribution < -0.4 is 0 Å². The fourth-order valence-corrected chi connectivity index (χ4v) is 1.03. The smallest absolute Gasteiger partial charge is 0.449 e. The summed E-state index contributed by atoms with van der Waals surface area (Å²) in [5.74, 6) is -3.26. The molecule has 0 aliphatic carbocycles. The van der Waals surface area contributed by atoms with Crippen LogP contribution in [-0.2, 0) is 9.53 Å². The summed E-state index contributed by atoms with van der Waals surface area (Å²) >= 11 is 0. The third kappa shape index (κ3) is 4.12. The molecule has 0 saturated heterocycles. The van der Waals surface area contributed by atoms with Crippen molar-refractivity contribution >= 4 is 18.0 Å². The Morgan fingerprint density at radius 3 is 2.79 bits per heavy atom. The van der Waals surface area contributed by atoms with Gasteiger partial charge >= 0.3 is 12.1 Å². The average Bonchev–Trinajstić information content (AvgIpc) is 2.81. The number of allylic oxidation sites excluding steroid dienone is 1. The third-order valence-electron chi connectivity index (χ3n) is 1.84. The fraction of sp³-hybridized carbons (Fsp3) is 0.300. The van der Waals surface area contributed by atoms with Crippen molar-refractivity contribution in [2.75, 3.05) is 6.61 Å². The molecule has 0 spiro atoms. The standard InChI is InChI=1S/C10H10F3N3O3/c1-2-19-9(18)6(8(17)10(11,12)13)5-14-7-3-4-15-16-7/h3-5,17H,2H2,1H3,(H,15,16)/b8-6-,14-5+. The predicted octanol–water partition coefficient (Wildman–Crippen LogP) is 2.05. The molecule has 0 radical (unpaired) electrons. The lowest BCUT2D eigenvalue weighted by molar-refractivity contribution is -0.141. The zero-order valence-corrected chi connectivity index (χ0v) is 9.73. The minimum atomic E-state index is -5.07. The van der Waals surface area contributed by atoms with Crippen LogP contribution in [0.3, 0.4) is 0 Å². The molecule has 0 aliphatic heterocycles. The van der Waals surface area contributed by atoms with Gasteiger partial charge in [0.15, 0.2) is 0 Å².